The number of rotatable bonds is 3. The Balaban J connectivity index is 0.000000328. The van der Waals surface area contributed by atoms with Crippen molar-refractivity contribution >= 4 is 7.12 Å². The monoisotopic (exact) mass is 463 g/mol. The summed E-state index contributed by atoms with van der Waals surface area (Å²) in [5.41, 5.74) is 0. The quantitative estimate of drug-likeness (QED) is 0.342. The van der Waals surface area contributed by atoms with Crippen LogP contribution in [0, 0.1) is 32.1 Å². The van der Waals surface area contributed by atoms with Gasteiger partial charge in [-0.05, 0) is 68.9 Å². The van der Waals surface area contributed by atoms with Gasteiger partial charge in [-0.25, -0.2) is 15.3 Å². The van der Waals surface area contributed by atoms with Crippen molar-refractivity contribution in [1.29, 1.82) is 0 Å². The van der Waals surface area contributed by atoms with Crippen LogP contribution >= 0.6 is 0 Å². The van der Waals surface area contributed by atoms with Crippen LogP contribution in [0.25, 0.3) is 0 Å². The summed E-state index contributed by atoms with van der Waals surface area (Å²) in [4.78, 5) is 0. The fourth-order valence-corrected chi connectivity index (χ4v) is 1.94. The molecule has 23 heavy (non-hydrogen) atoms. The van der Waals surface area contributed by atoms with Crippen molar-refractivity contribution in [3.63, 3.8) is 0 Å². The molecule has 9 heteroatoms. The van der Waals surface area contributed by atoms with E-state index in [0.717, 1.165) is 0 Å². The van der Waals surface area contributed by atoms with E-state index in [0.29, 0.717) is 0 Å². The van der Waals surface area contributed by atoms with Crippen LogP contribution in [-0.2, 0) is 16.8 Å². The first-order chi connectivity index (χ1) is 10.4. The predicted molar refractivity (Wildman–Crippen MR) is 80.1 cm³/mol. The largest absolute Gasteiger partial charge is 3.00 e. The average molecular weight is 463 g/mol. The van der Waals surface area contributed by atoms with Crippen LogP contribution in [0.2, 0.25) is 0 Å². The van der Waals surface area contributed by atoms with Crippen molar-refractivity contribution in [2.75, 3.05) is 0 Å². The number of halogens is 1. The van der Waals surface area contributed by atoms with Gasteiger partial charge < -0.3 is 37.8 Å². The SMILES string of the molecule is [CH]1[CH][CH][CH][CH]1.[Co+3].[I-].c1cnn([B-](n2cccn2)n2cccn2)c1. The Labute approximate surface area is 164 Å². The first kappa shape index (κ1) is 20.0. The molecule has 6 nitrogen and oxygen atoms in total. The second kappa shape index (κ2) is 10.7. The minimum absolute atomic E-state index is 0. The molecule has 3 aromatic rings. The standard InChI is InChI=1S/C9H9BN6.C5H5.Co.HI/c1-4-11-14(7-1)10(15-8-2-5-12-15)16-9-3-6-13-16;1-2-4-5-3-1;;/h1-9H;1-5H;;1H/q-1;;+3;/p-1. The Morgan fingerprint density at radius 2 is 0.870 bits per heavy atom. The molecule has 0 aromatic carbocycles. The fourth-order valence-electron chi connectivity index (χ4n) is 1.94. The molecular weight excluding hydrogens is 449 g/mol. The molecule has 1 saturated carbocycles. The second-order valence-corrected chi connectivity index (χ2v) is 4.27. The molecule has 0 spiro atoms. The van der Waals surface area contributed by atoms with Gasteiger partial charge in [-0.2, -0.15) is 0 Å². The molecule has 4 rings (SSSR count). The molecule has 0 saturated heterocycles. The third-order valence-corrected chi connectivity index (χ3v) is 2.84. The van der Waals surface area contributed by atoms with Gasteiger partial charge in [-0.1, -0.05) is 0 Å². The van der Waals surface area contributed by atoms with Crippen molar-refractivity contribution in [3.8, 4) is 0 Å². The van der Waals surface area contributed by atoms with Gasteiger partial charge in [0.2, 0.25) is 0 Å². The van der Waals surface area contributed by atoms with Gasteiger partial charge in [-0.3, -0.25) is 0 Å². The summed E-state index contributed by atoms with van der Waals surface area (Å²) in [5.74, 6) is 0. The summed E-state index contributed by atoms with van der Waals surface area (Å²) in [6.45, 7) is 0. The Bertz CT molecular complexity index is 521. The summed E-state index contributed by atoms with van der Waals surface area (Å²) in [5, 5.41) is 12.7. The third-order valence-electron chi connectivity index (χ3n) is 2.84. The van der Waals surface area contributed by atoms with Crippen LogP contribution in [0.1, 0.15) is 0 Å². The number of hydrogen-bond acceptors (Lipinski definition) is 3. The normalized spacial score (nSPS) is 12.9. The van der Waals surface area contributed by atoms with Gasteiger partial charge in [0.15, 0.2) is 0 Å². The first-order valence-electron chi connectivity index (χ1n) is 6.59. The Morgan fingerprint density at radius 3 is 1.09 bits per heavy atom. The van der Waals surface area contributed by atoms with E-state index in [1.165, 1.54) is 0 Å². The maximum absolute atomic E-state index is 4.22. The van der Waals surface area contributed by atoms with E-state index in [1.807, 2.05) is 68.9 Å². The van der Waals surface area contributed by atoms with Gasteiger partial charge in [0, 0.05) is 18.6 Å². The predicted octanol–water partition coefficient (Wildman–Crippen LogP) is -1.77. The maximum atomic E-state index is 4.22. The Morgan fingerprint density at radius 1 is 0.565 bits per heavy atom. The summed E-state index contributed by atoms with van der Waals surface area (Å²) in [6, 6.07) is 5.62. The molecule has 0 aliphatic heterocycles. The smallest absolute Gasteiger partial charge is 1.00 e. The van der Waals surface area contributed by atoms with Gasteiger partial charge in [0.25, 0.3) is 7.12 Å². The van der Waals surface area contributed by atoms with Gasteiger partial charge >= 0.3 is 16.8 Å². The zero-order chi connectivity index (χ0) is 14.3. The van der Waals surface area contributed by atoms with Crippen molar-refractivity contribution < 1.29 is 40.8 Å². The molecule has 6 radical (unpaired) electrons. The molecular formula is C14H14BCoIN6+. The molecule has 1 aliphatic rings. The maximum Gasteiger partial charge on any atom is 3.00 e. The molecule has 1 fully saturated rings. The van der Waals surface area contributed by atoms with Crippen molar-refractivity contribution in [2.24, 2.45) is 0 Å². The van der Waals surface area contributed by atoms with Crippen LogP contribution in [0.3, 0.4) is 0 Å². The van der Waals surface area contributed by atoms with E-state index in [2.05, 4.69) is 15.3 Å². The van der Waals surface area contributed by atoms with Crippen LogP contribution < -0.4 is 24.0 Å². The van der Waals surface area contributed by atoms with Crippen LogP contribution in [-0.4, -0.2) is 36.2 Å². The van der Waals surface area contributed by atoms with Crippen molar-refractivity contribution in [3.05, 3.63) is 87.5 Å². The number of aromatic nitrogens is 6. The zero-order valence-corrected chi connectivity index (χ0v) is 15.3. The van der Waals surface area contributed by atoms with Gasteiger partial charge in [0.05, 0.1) is 0 Å². The van der Waals surface area contributed by atoms with Crippen molar-refractivity contribution in [1.82, 2.24) is 29.1 Å². The van der Waals surface area contributed by atoms with Crippen molar-refractivity contribution in [2.45, 2.75) is 0 Å². The van der Waals surface area contributed by atoms with E-state index < -0.39 is 0 Å². The molecule has 0 bridgehead atoms. The topological polar surface area (TPSA) is 53.5 Å². The molecule has 118 valence electrons. The van der Waals surface area contributed by atoms with Crippen LogP contribution in [0.15, 0.2) is 55.4 Å². The zero-order valence-electron chi connectivity index (χ0n) is 12.1. The number of hydrogen-bond donors (Lipinski definition) is 0. The van der Waals surface area contributed by atoms with Gasteiger partial charge in [0.1, 0.15) is 0 Å². The molecule has 1 aliphatic carbocycles. The Hall–Kier alpha value is -1.07. The Kier molecular flexibility index (Phi) is 9.26. The number of nitrogens with zero attached hydrogens (tertiary/aromatic N) is 6. The first-order valence-corrected chi connectivity index (χ1v) is 6.59. The third kappa shape index (κ3) is 5.50. The van der Waals surface area contributed by atoms with E-state index >= 15 is 0 Å². The van der Waals surface area contributed by atoms with Crippen LogP contribution in [0.5, 0.6) is 0 Å². The van der Waals surface area contributed by atoms with E-state index in [1.54, 1.807) is 32.4 Å². The van der Waals surface area contributed by atoms with E-state index in [-0.39, 0.29) is 47.9 Å². The molecule has 0 unspecified atom stereocenters. The minimum Gasteiger partial charge on any atom is -1.00 e. The second-order valence-electron chi connectivity index (χ2n) is 4.27. The summed E-state index contributed by atoms with van der Waals surface area (Å²) < 4.78 is 5.38. The molecule has 0 atom stereocenters. The molecule has 0 amide bonds. The fraction of sp³-hybridized carbons (Fsp3) is 0. The van der Waals surface area contributed by atoms with E-state index in [9.17, 15) is 0 Å². The summed E-state index contributed by atoms with van der Waals surface area (Å²) in [6.07, 6.45) is 20.9. The molecule has 3 heterocycles. The minimum atomic E-state index is -0.194. The van der Waals surface area contributed by atoms with Crippen LogP contribution in [0.4, 0.5) is 0 Å². The summed E-state index contributed by atoms with van der Waals surface area (Å²) >= 11 is 0. The van der Waals surface area contributed by atoms with Gasteiger partial charge in [-0.15, -0.1) is 0 Å². The van der Waals surface area contributed by atoms with E-state index in [4.69, 9.17) is 0 Å². The summed E-state index contributed by atoms with van der Waals surface area (Å²) in [7, 11) is -0.194. The average Bonchev–Trinajstić information content (AvgIpc) is 3.32. The molecule has 0 N–H and O–H groups in total. The molecule has 3 aromatic heterocycles.